The first-order valence-electron chi connectivity index (χ1n) is 8.11. The van der Waals surface area contributed by atoms with Gasteiger partial charge in [0, 0.05) is 31.6 Å². The summed E-state index contributed by atoms with van der Waals surface area (Å²) in [6.45, 7) is 2.07. The summed E-state index contributed by atoms with van der Waals surface area (Å²) < 4.78 is 17.6. The van der Waals surface area contributed by atoms with Crippen molar-refractivity contribution in [2.24, 2.45) is 7.05 Å². The number of hydrogen-bond donors (Lipinski definition) is 0. The van der Waals surface area contributed by atoms with Gasteiger partial charge in [-0.25, -0.2) is 19.0 Å². The first-order chi connectivity index (χ1) is 12.2. The van der Waals surface area contributed by atoms with Crippen LogP contribution in [0.4, 0.5) is 4.39 Å². The van der Waals surface area contributed by atoms with Gasteiger partial charge in [-0.05, 0) is 30.7 Å². The number of rotatable bonds is 4. The third-order valence-electron chi connectivity index (χ3n) is 4.28. The van der Waals surface area contributed by atoms with Crippen LogP contribution in [-0.4, -0.2) is 29.3 Å². The summed E-state index contributed by atoms with van der Waals surface area (Å²) in [5, 5.41) is 4.22. The Balaban J connectivity index is 1.75. The lowest BCUT2D eigenvalue weighted by atomic mass is 10.2. The van der Waals surface area contributed by atoms with Gasteiger partial charge in [-0.2, -0.15) is 5.10 Å². The van der Waals surface area contributed by atoms with E-state index in [0.29, 0.717) is 6.42 Å². The highest BCUT2D eigenvalue weighted by molar-refractivity contribution is 5.75. The minimum Gasteiger partial charge on any atom is -0.331 e. The molecule has 0 saturated heterocycles. The molecular weight excluding hydrogens is 319 g/mol. The molecule has 4 heterocycles. The van der Waals surface area contributed by atoms with E-state index >= 15 is 0 Å². The maximum Gasteiger partial charge on any atom is 0.189 e. The van der Waals surface area contributed by atoms with Crippen molar-refractivity contribution in [1.29, 1.82) is 0 Å². The Morgan fingerprint density at radius 3 is 2.84 bits per heavy atom. The predicted octanol–water partition coefficient (Wildman–Crippen LogP) is 2.84. The van der Waals surface area contributed by atoms with E-state index in [1.165, 1.54) is 10.7 Å². The highest BCUT2D eigenvalue weighted by Crippen LogP contribution is 2.19. The number of aromatic nitrogens is 6. The van der Waals surface area contributed by atoms with Crippen molar-refractivity contribution in [1.82, 2.24) is 29.3 Å². The Morgan fingerprint density at radius 1 is 1.16 bits per heavy atom. The lowest BCUT2D eigenvalue weighted by Crippen LogP contribution is -2.09. The number of hydrogen-bond acceptors (Lipinski definition) is 4. The van der Waals surface area contributed by atoms with Crippen LogP contribution in [0.25, 0.3) is 16.9 Å². The highest BCUT2D eigenvalue weighted by atomic mass is 19.1. The fourth-order valence-corrected chi connectivity index (χ4v) is 2.89. The van der Waals surface area contributed by atoms with Gasteiger partial charge in [0.1, 0.15) is 11.3 Å². The largest absolute Gasteiger partial charge is 0.331 e. The standard InChI is InChI=1S/C18H17FN6/c1-3-12-9-16-15(11-21-12)23-17(24(16)2)10-13-6-8-22-25(13)18-14(19)5-4-7-20-18/h4-9,11H,3,10H2,1-2H3. The second kappa shape index (κ2) is 6.08. The van der Waals surface area contributed by atoms with Crippen molar-refractivity contribution in [3.63, 3.8) is 0 Å². The van der Waals surface area contributed by atoms with Crippen molar-refractivity contribution >= 4 is 11.0 Å². The van der Waals surface area contributed by atoms with Crippen molar-refractivity contribution < 1.29 is 4.39 Å². The van der Waals surface area contributed by atoms with E-state index in [-0.39, 0.29) is 5.82 Å². The molecule has 0 amide bonds. The topological polar surface area (TPSA) is 61.4 Å². The molecule has 25 heavy (non-hydrogen) atoms. The van der Waals surface area contributed by atoms with Gasteiger partial charge in [0.2, 0.25) is 0 Å². The average molecular weight is 336 g/mol. The molecule has 0 atom stereocenters. The minimum absolute atomic E-state index is 0.191. The van der Waals surface area contributed by atoms with E-state index in [1.807, 2.05) is 17.7 Å². The fraction of sp³-hybridized carbons (Fsp3) is 0.222. The van der Waals surface area contributed by atoms with Crippen LogP contribution in [0.1, 0.15) is 24.1 Å². The van der Waals surface area contributed by atoms with E-state index < -0.39 is 5.82 Å². The third kappa shape index (κ3) is 2.67. The highest BCUT2D eigenvalue weighted by Gasteiger charge is 2.15. The molecule has 0 N–H and O–H groups in total. The summed E-state index contributed by atoms with van der Waals surface area (Å²) in [4.78, 5) is 13.2. The van der Waals surface area contributed by atoms with Gasteiger partial charge < -0.3 is 4.57 Å². The van der Waals surface area contributed by atoms with Crippen LogP contribution < -0.4 is 0 Å². The molecule has 0 saturated carbocycles. The molecule has 0 spiro atoms. The number of aryl methyl sites for hydroxylation is 2. The van der Waals surface area contributed by atoms with Crippen molar-refractivity contribution in [3.05, 3.63) is 65.9 Å². The van der Waals surface area contributed by atoms with E-state index in [2.05, 4.69) is 33.0 Å². The lowest BCUT2D eigenvalue weighted by molar-refractivity contribution is 0.595. The number of halogens is 1. The van der Waals surface area contributed by atoms with Crippen molar-refractivity contribution in [2.75, 3.05) is 0 Å². The van der Waals surface area contributed by atoms with Crippen LogP contribution >= 0.6 is 0 Å². The van der Waals surface area contributed by atoms with Gasteiger partial charge in [0.15, 0.2) is 11.6 Å². The summed E-state index contributed by atoms with van der Waals surface area (Å²) in [5.74, 6) is 0.647. The molecule has 0 aliphatic carbocycles. The smallest absolute Gasteiger partial charge is 0.189 e. The SMILES string of the molecule is CCc1cc2c(cn1)nc(Cc1ccnn1-c1ncccc1F)n2C. The van der Waals surface area contributed by atoms with Gasteiger partial charge in [-0.3, -0.25) is 4.98 Å². The van der Waals surface area contributed by atoms with E-state index in [4.69, 9.17) is 0 Å². The average Bonchev–Trinajstić information content (AvgIpc) is 3.20. The molecule has 0 aliphatic rings. The summed E-state index contributed by atoms with van der Waals surface area (Å²) in [6.07, 6.45) is 6.39. The van der Waals surface area contributed by atoms with Gasteiger partial charge in [0.05, 0.1) is 17.4 Å². The van der Waals surface area contributed by atoms with Crippen molar-refractivity contribution in [2.45, 2.75) is 19.8 Å². The molecular formula is C18H17FN6. The van der Waals surface area contributed by atoms with E-state index in [0.717, 1.165) is 34.7 Å². The van der Waals surface area contributed by atoms with Crippen LogP contribution in [0.3, 0.4) is 0 Å². The maximum absolute atomic E-state index is 14.0. The summed E-state index contributed by atoms with van der Waals surface area (Å²) in [6, 6.07) is 6.84. The maximum atomic E-state index is 14.0. The van der Waals surface area contributed by atoms with E-state index in [1.54, 1.807) is 24.7 Å². The molecule has 6 nitrogen and oxygen atoms in total. The Hall–Kier alpha value is -3.09. The lowest BCUT2D eigenvalue weighted by Gasteiger charge is -2.07. The normalized spacial score (nSPS) is 11.3. The third-order valence-corrected chi connectivity index (χ3v) is 4.28. The van der Waals surface area contributed by atoms with Gasteiger partial charge in [0.25, 0.3) is 0 Å². The summed E-state index contributed by atoms with van der Waals surface area (Å²) >= 11 is 0. The molecule has 7 heteroatoms. The van der Waals surface area contributed by atoms with Crippen LogP contribution in [-0.2, 0) is 19.9 Å². The first kappa shape index (κ1) is 15.4. The molecule has 0 bridgehead atoms. The van der Waals surface area contributed by atoms with Crippen LogP contribution in [0.2, 0.25) is 0 Å². The molecule has 0 fully saturated rings. The Bertz CT molecular complexity index is 1050. The molecule has 0 aliphatic heterocycles. The molecule has 0 unspecified atom stereocenters. The quantitative estimate of drug-likeness (QED) is 0.575. The molecule has 126 valence electrons. The number of fused-ring (bicyclic) bond motifs is 1. The van der Waals surface area contributed by atoms with Crippen LogP contribution in [0.15, 0.2) is 42.9 Å². The Kier molecular flexibility index (Phi) is 3.76. The van der Waals surface area contributed by atoms with Crippen LogP contribution in [0, 0.1) is 5.82 Å². The summed E-state index contributed by atoms with van der Waals surface area (Å²) in [5.41, 5.74) is 3.74. The van der Waals surface area contributed by atoms with Crippen LogP contribution in [0.5, 0.6) is 0 Å². The Morgan fingerprint density at radius 2 is 2.04 bits per heavy atom. The molecule has 0 radical (unpaired) electrons. The zero-order chi connectivity index (χ0) is 17.4. The zero-order valence-electron chi connectivity index (χ0n) is 14.0. The van der Waals surface area contributed by atoms with Gasteiger partial charge in [-0.1, -0.05) is 6.92 Å². The van der Waals surface area contributed by atoms with E-state index in [9.17, 15) is 4.39 Å². The zero-order valence-corrected chi connectivity index (χ0v) is 14.0. The number of imidazole rings is 1. The molecule has 0 aromatic carbocycles. The second-order valence-electron chi connectivity index (χ2n) is 5.82. The first-order valence-corrected chi connectivity index (χ1v) is 8.11. The molecule has 4 rings (SSSR count). The Labute approximate surface area is 144 Å². The fourth-order valence-electron chi connectivity index (χ4n) is 2.89. The van der Waals surface area contributed by atoms with Gasteiger partial charge in [-0.15, -0.1) is 0 Å². The second-order valence-corrected chi connectivity index (χ2v) is 5.82. The van der Waals surface area contributed by atoms with Gasteiger partial charge >= 0.3 is 0 Å². The molecule has 4 aromatic rings. The van der Waals surface area contributed by atoms with Crippen molar-refractivity contribution in [3.8, 4) is 5.82 Å². The molecule has 4 aromatic heterocycles. The number of pyridine rings is 2. The number of nitrogens with zero attached hydrogens (tertiary/aromatic N) is 6. The predicted molar refractivity (Wildman–Crippen MR) is 92.0 cm³/mol. The monoisotopic (exact) mass is 336 g/mol. The summed E-state index contributed by atoms with van der Waals surface area (Å²) in [7, 11) is 1.98. The minimum atomic E-state index is -0.408.